The standard InChI is InChI=1S/C14H17ClN2O3/c1-2-20-14(19)11-7-3-4-9-17(11)13(18)10-6-5-8-12(15)16-10/h5-6,8,11H,2-4,7,9H2,1H3. The number of hydrogen-bond donors (Lipinski definition) is 0. The zero-order valence-electron chi connectivity index (χ0n) is 11.3. The Kier molecular flexibility index (Phi) is 4.95. The van der Waals surface area contributed by atoms with Crippen LogP contribution < -0.4 is 0 Å². The van der Waals surface area contributed by atoms with E-state index in [0.717, 1.165) is 12.8 Å². The second-order valence-corrected chi connectivity index (χ2v) is 4.99. The lowest BCUT2D eigenvalue weighted by Crippen LogP contribution is -2.48. The lowest BCUT2D eigenvalue weighted by molar-refractivity contribution is -0.149. The van der Waals surface area contributed by atoms with Crippen molar-refractivity contribution in [1.82, 2.24) is 9.88 Å². The molecule has 1 aromatic heterocycles. The highest BCUT2D eigenvalue weighted by molar-refractivity contribution is 6.29. The number of esters is 1. The Morgan fingerprint density at radius 2 is 2.25 bits per heavy atom. The molecule has 1 aromatic rings. The average Bonchev–Trinajstić information content (AvgIpc) is 2.47. The third kappa shape index (κ3) is 3.28. The topological polar surface area (TPSA) is 59.5 Å². The van der Waals surface area contributed by atoms with Crippen LogP contribution in [-0.4, -0.2) is 41.0 Å². The van der Waals surface area contributed by atoms with Crippen LogP contribution in [0.15, 0.2) is 18.2 Å². The van der Waals surface area contributed by atoms with Crippen molar-refractivity contribution in [1.29, 1.82) is 0 Å². The monoisotopic (exact) mass is 296 g/mol. The van der Waals surface area contributed by atoms with Gasteiger partial charge < -0.3 is 9.64 Å². The maximum absolute atomic E-state index is 12.5. The highest BCUT2D eigenvalue weighted by Gasteiger charge is 2.34. The van der Waals surface area contributed by atoms with E-state index in [4.69, 9.17) is 16.3 Å². The number of aromatic nitrogens is 1. The molecular weight excluding hydrogens is 280 g/mol. The van der Waals surface area contributed by atoms with Crippen molar-refractivity contribution in [2.24, 2.45) is 0 Å². The van der Waals surface area contributed by atoms with Crippen LogP contribution in [0.5, 0.6) is 0 Å². The molecule has 5 nitrogen and oxygen atoms in total. The Balaban J connectivity index is 2.19. The molecule has 0 aromatic carbocycles. The van der Waals surface area contributed by atoms with Crippen LogP contribution in [0.25, 0.3) is 0 Å². The summed E-state index contributed by atoms with van der Waals surface area (Å²) in [5.74, 6) is -0.618. The number of amides is 1. The Bertz CT molecular complexity index is 507. The first-order valence-corrected chi connectivity index (χ1v) is 7.11. The molecule has 0 spiro atoms. The van der Waals surface area contributed by atoms with Crippen molar-refractivity contribution < 1.29 is 14.3 Å². The van der Waals surface area contributed by atoms with Crippen molar-refractivity contribution in [2.45, 2.75) is 32.2 Å². The maximum atomic E-state index is 12.5. The SMILES string of the molecule is CCOC(=O)C1CCCCN1C(=O)c1cccc(Cl)n1. The number of carbonyl (C=O) groups excluding carboxylic acids is 2. The molecule has 0 saturated carbocycles. The van der Waals surface area contributed by atoms with Gasteiger partial charge in [0.25, 0.3) is 5.91 Å². The van der Waals surface area contributed by atoms with Gasteiger partial charge in [-0.05, 0) is 38.3 Å². The van der Waals surface area contributed by atoms with E-state index < -0.39 is 6.04 Å². The number of rotatable bonds is 3. The molecule has 0 bridgehead atoms. The van der Waals surface area contributed by atoms with Crippen molar-refractivity contribution >= 4 is 23.5 Å². The number of hydrogen-bond acceptors (Lipinski definition) is 4. The molecule has 0 aliphatic carbocycles. The van der Waals surface area contributed by atoms with Crippen molar-refractivity contribution in [3.63, 3.8) is 0 Å². The molecule has 20 heavy (non-hydrogen) atoms. The summed E-state index contributed by atoms with van der Waals surface area (Å²) < 4.78 is 5.04. The summed E-state index contributed by atoms with van der Waals surface area (Å²) >= 11 is 5.80. The molecule has 1 unspecified atom stereocenters. The summed E-state index contributed by atoms with van der Waals surface area (Å²) in [6, 6.07) is 4.37. The van der Waals surface area contributed by atoms with E-state index in [9.17, 15) is 9.59 Å². The maximum Gasteiger partial charge on any atom is 0.328 e. The first-order chi connectivity index (χ1) is 9.63. The van der Waals surface area contributed by atoms with Gasteiger partial charge in [-0.25, -0.2) is 9.78 Å². The zero-order chi connectivity index (χ0) is 14.5. The highest BCUT2D eigenvalue weighted by atomic mass is 35.5. The Hall–Kier alpha value is -1.62. The number of nitrogens with zero attached hydrogens (tertiary/aromatic N) is 2. The van der Waals surface area contributed by atoms with E-state index in [0.29, 0.717) is 19.6 Å². The smallest absolute Gasteiger partial charge is 0.328 e. The van der Waals surface area contributed by atoms with Gasteiger partial charge >= 0.3 is 5.97 Å². The summed E-state index contributed by atoms with van der Waals surface area (Å²) in [4.78, 5) is 30.0. The van der Waals surface area contributed by atoms with E-state index in [1.54, 1.807) is 30.0 Å². The summed E-state index contributed by atoms with van der Waals surface area (Å²) in [5.41, 5.74) is 0.258. The van der Waals surface area contributed by atoms with Gasteiger partial charge in [-0.15, -0.1) is 0 Å². The molecule has 1 saturated heterocycles. The van der Waals surface area contributed by atoms with Crippen LogP contribution in [0.1, 0.15) is 36.7 Å². The average molecular weight is 297 g/mol. The van der Waals surface area contributed by atoms with E-state index in [2.05, 4.69) is 4.98 Å². The predicted octanol–water partition coefficient (Wildman–Crippen LogP) is 2.29. The lowest BCUT2D eigenvalue weighted by Gasteiger charge is -2.33. The minimum Gasteiger partial charge on any atom is -0.464 e. The third-order valence-corrected chi connectivity index (χ3v) is 3.47. The minimum absolute atomic E-state index is 0.258. The second-order valence-electron chi connectivity index (χ2n) is 4.61. The molecule has 1 fully saturated rings. The molecule has 1 aliphatic rings. The Morgan fingerprint density at radius 1 is 1.45 bits per heavy atom. The second kappa shape index (κ2) is 6.70. The van der Waals surface area contributed by atoms with E-state index in [-0.39, 0.29) is 22.7 Å². The van der Waals surface area contributed by atoms with Crippen molar-refractivity contribution in [3.05, 3.63) is 29.0 Å². The molecule has 1 aliphatic heterocycles. The Labute approximate surface area is 122 Å². The first kappa shape index (κ1) is 14.8. The molecule has 2 rings (SSSR count). The fourth-order valence-electron chi connectivity index (χ4n) is 2.33. The number of halogens is 1. The van der Waals surface area contributed by atoms with Crippen LogP contribution in [0.4, 0.5) is 0 Å². The zero-order valence-corrected chi connectivity index (χ0v) is 12.1. The molecule has 6 heteroatoms. The van der Waals surface area contributed by atoms with Gasteiger partial charge in [0.15, 0.2) is 0 Å². The molecule has 0 radical (unpaired) electrons. The number of piperidine rings is 1. The van der Waals surface area contributed by atoms with Crippen LogP contribution in [0.2, 0.25) is 5.15 Å². The van der Waals surface area contributed by atoms with Crippen LogP contribution >= 0.6 is 11.6 Å². The van der Waals surface area contributed by atoms with Crippen LogP contribution in [0.3, 0.4) is 0 Å². The normalized spacial score (nSPS) is 18.7. The first-order valence-electron chi connectivity index (χ1n) is 6.73. The summed E-state index contributed by atoms with van der Waals surface area (Å²) in [6.07, 6.45) is 2.42. The lowest BCUT2D eigenvalue weighted by atomic mass is 10.0. The third-order valence-electron chi connectivity index (χ3n) is 3.26. The predicted molar refractivity (Wildman–Crippen MR) is 74.6 cm³/mol. The summed E-state index contributed by atoms with van der Waals surface area (Å²) in [5, 5.41) is 0.264. The molecule has 1 amide bonds. The number of carbonyl (C=O) groups is 2. The summed E-state index contributed by atoms with van der Waals surface area (Å²) in [7, 11) is 0. The van der Waals surface area contributed by atoms with E-state index >= 15 is 0 Å². The number of ether oxygens (including phenoxy) is 1. The van der Waals surface area contributed by atoms with Gasteiger partial charge in [0, 0.05) is 6.54 Å². The summed E-state index contributed by atoms with van der Waals surface area (Å²) in [6.45, 7) is 2.61. The highest BCUT2D eigenvalue weighted by Crippen LogP contribution is 2.20. The Morgan fingerprint density at radius 3 is 2.95 bits per heavy atom. The van der Waals surface area contributed by atoms with E-state index in [1.165, 1.54) is 0 Å². The van der Waals surface area contributed by atoms with Gasteiger partial charge in [0.2, 0.25) is 0 Å². The van der Waals surface area contributed by atoms with Crippen LogP contribution in [0, 0.1) is 0 Å². The quantitative estimate of drug-likeness (QED) is 0.634. The fraction of sp³-hybridized carbons (Fsp3) is 0.500. The van der Waals surface area contributed by atoms with Gasteiger partial charge in [0.1, 0.15) is 16.9 Å². The van der Waals surface area contributed by atoms with Gasteiger partial charge in [-0.1, -0.05) is 17.7 Å². The molecule has 1 atom stereocenters. The molecular formula is C14H17ClN2O3. The van der Waals surface area contributed by atoms with Gasteiger partial charge in [-0.2, -0.15) is 0 Å². The largest absolute Gasteiger partial charge is 0.464 e. The van der Waals surface area contributed by atoms with Crippen molar-refractivity contribution in [3.8, 4) is 0 Å². The van der Waals surface area contributed by atoms with E-state index in [1.807, 2.05) is 0 Å². The van der Waals surface area contributed by atoms with Crippen molar-refractivity contribution in [2.75, 3.05) is 13.2 Å². The fourth-order valence-corrected chi connectivity index (χ4v) is 2.50. The van der Waals surface area contributed by atoms with Crippen LogP contribution in [-0.2, 0) is 9.53 Å². The van der Waals surface area contributed by atoms with Gasteiger partial charge in [0.05, 0.1) is 6.61 Å². The minimum atomic E-state index is -0.517. The van der Waals surface area contributed by atoms with Gasteiger partial charge in [-0.3, -0.25) is 4.79 Å². The molecule has 2 heterocycles. The number of pyridine rings is 1. The number of likely N-dealkylation sites (tertiary alicyclic amines) is 1. The molecule has 0 N–H and O–H groups in total. The molecule has 108 valence electrons.